The van der Waals surface area contributed by atoms with Crippen LogP contribution in [0.4, 0.5) is 5.69 Å². The zero-order valence-electron chi connectivity index (χ0n) is 15.0. The molecule has 0 heterocycles. The number of carbonyl (C=O) groups is 2. The number of carbonyl (C=O) groups excluding carboxylic acids is 2. The van der Waals surface area contributed by atoms with Crippen LogP contribution in [0.2, 0.25) is 0 Å². The lowest BCUT2D eigenvalue weighted by Gasteiger charge is -2.11. The van der Waals surface area contributed by atoms with Gasteiger partial charge in [0.25, 0.3) is 11.8 Å². The predicted octanol–water partition coefficient (Wildman–Crippen LogP) is 3.86. The van der Waals surface area contributed by atoms with Crippen LogP contribution >= 0.6 is 0 Å². The van der Waals surface area contributed by atoms with Crippen LogP contribution in [0.5, 0.6) is 5.75 Å². The molecule has 0 aliphatic heterocycles. The molecule has 25 heavy (non-hydrogen) atoms. The number of anilines is 1. The Kier molecular flexibility index (Phi) is 6.17. The fourth-order valence-electron chi connectivity index (χ4n) is 2.24. The third-order valence-corrected chi connectivity index (χ3v) is 3.29. The molecule has 0 unspecified atom stereocenters. The Hall–Kier alpha value is -2.82. The maximum absolute atomic E-state index is 12.4. The molecular formula is C20H24N2O3. The van der Waals surface area contributed by atoms with E-state index < -0.39 is 0 Å². The fourth-order valence-corrected chi connectivity index (χ4v) is 2.24. The first-order chi connectivity index (χ1) is 11.8. The van der Waals surface area contributed by atoms with Gasteiger partial charge in [-0.2, -0.15) is 0 Å². The van der Waals surface area contributed by atoms with Gasteiger partial charge in [-0.25, -0.2) is 0 Å². The summed E-state index contributed by atoms with van der Waals surface area (Å²) in [6.45, 7) is 7.68. The van der Waals surface area contributed by atoms with Crippen LogP contribution in [-0.2, 0) is 0 Å². The summed E-state index contributed by atoms with van der Waals surface area (Å²) in [5.74, 6) is 0.295. The van der Waals surface area contributed by atoms with E-state index in [1.807, 2.05) is 33.8 Å². The number of hydrogen-bond acceptors (Lipinski definition) is 3. The van der Waals surface area contributed by atoms with Gasteiger partial charge < -0.3 is 15.4 Å². The van der Waals surface area contributed by atoms with Crippen LogP contribution in [-0.4, -0.2) is 24.0 Å². The van der Waals surface area contributed by atoms with E-state index in [0.717, 1.165) is 0 Å². The van der Waals surface area contributed by atoms with Crippen molar-refractivity contribution in [2.45, 2.75) is 39.8 Å². The van der Waals surface area contributed by atoms with E-state index >= 15 is 0 Å². The highest BCUT2D eigenvalue weighted by atomic mass is 16.5. The van der Waals surface area contributed by atoms with Crippen molar-refractivity contribution in [3.63, 3.8) is 0 Å². The van der Waals surface area contributed by atoms with Gasteiger partial charge in [-0.05, 0) is 70.2 Å². The highest BCUT2D eigenvalue weighted by Gasteiger charge is 2.10. The smallest absolute Gasteiger partial charge is 0.255 e. The molecule has 0 bridgehead atoms. The van der Waals surface area contributed by atoms with Crippen molar-refractivity contribution in [3.8, 4) is 5.75 Å². The molecule has 2 N–H and O–H groups in total. The molecule has 0 aliphatic rings. The molecule has 2 aromatic rings. The van der Waals surface area contributed by atoms with Crippen molar-refractivity contribution >= 4 is 17.5 Å². The first-order valence-corrected chi connectivity index (χ1v) is 8.34. The zero-order chi connectivity index (χ0) is 18.4. The molecule has 2 aromatic carbocycles. The summed E-state index contributed by atoms with van der Waals surface area (Å²) in [5.41, 5.74) is 1.69. The molecule has 0 fully saturated rings. The molecule has 2 amide bonds. The first kappa shape index (κ1) is 18.5. The lowest BCUT2D eigenvalue weighted by Crippen LogP contribution is -2.30. The van der Waals surface area contributed by atoms with E-state index in [1.165, 1.54) is 0 Å². The average molecular weight is 340 g/mol. The Morgan fingerprint density at radius 1 is 0.880 bits per heavy atom. The Bertz CT molecular complexity index is 737. The normalized spacial score (nSPS) is 10.6. The molecule has 0 saturated heterocycles. The second-order valence-electron chi connectivity index (χ2n) is 6.35. The largest absolute Gasteiger partial charge is 0.491 e. The SMILES string of the molecule is CC(C)NC(=O)c1ccc(NC(=O)c2cccc(OC(C)C)c2)cc1. The second kappa shape index (κ2) is 8.33. The van der Waals surface area contributed by atoms with Gasteiger partial charge in [0.1, 0.15) is 5.75 Å². The van der Waals surface area contributed by atoms with Gasteiger partial charge in [0.15, 0.2) is 0 Å². The van der Waals surface area contributed by atoms with Crippen LogP contribution in [0.25, 0.3) is 0 Å². The average Bonchev–Trinajstić information content (AvgIpc) is 2.54. The van der Waals surface area contributed by atoms with Crippen molar-refractivity contribution < 1.29 is 14.3 Å². The minimum absolute atomic E-state index is 0.0443. The molecule has 5 nitrogen and oxygen atoms in total. The molecular weight excluding hydrogens is 316 g/mol. The summed E-state index contributed by atoms with van der Waals surface area (Å²) in [6, 6.07) is 13.9. The lowest BCUT2D eigenvalue weighted by atomic mass is 10.1. The van der Waals surface area contributed by atoms with E-state index in [-0.39, 0.29) is 24.0 Å². The first-order valence-electron chi connectivity index (χ1n) is 8.34. The molecule has 5 heteroatoms. The maximum Gasteiger partial charge on any atom is 0.255 e. The number of rotatable bonds is 6. The Labute approximate surface area is 148 Å². The molecule has 132 valence electrons. The van der Waals surface area contributed by atoms with Gasteiger partial charge in [0.05, 0.1) is 6.10 Å². The quantitative estimate of drug-likeness (QED) is 0.839. The van der Waals surface area contributed by atoms with E-state index in [0.29, 0.717) is 22.6 Å². The van der Waals surface area contributed by atoms with Crippen molar-refractivity contribution in [1.82, 2.24) is 5.32 Å². The van der Waals surface area contributed by atoms with Crippen LogP contribution in [0.15, 0.2) is 48.5 Å². The number of nitrogens with one attached hydrogen (secondary N) is 2. The van der Waals surface area contributed by atoms with Crippen molar-refractivity contribution in [2.75, 3.05) is 5.32 Å². The van der Waals surface area contributed by atoms with Gasteiger partial charge >= 0.3 is 0 Å². The molecule has 0 aromatic heterocycles. The molecule has 0 spiro atoms. The monoisotopic (exact) mass is 340 g/mol. The summed E-state index contributed by atoms with van der Waals surface area (Å²) in [4.78, 5) is 24.3. The highest BCUT2D eigenvalue weighted by Crippen LogP contribution is 2.17. The summed E-state index contributed by atoms with van der Waals surface area (Å²) in [7, 11) is 0. The lowest BCUT2D eigenvalue weighted by molar-refractivity contribution is 0.0942. The van der Waals surface area contributed by atoms with Gasteiger partial charge in [-0.15, -0.1) is 0 Å². The van der Waals surface area contributed by atoms with Crippen molar-refractivity contribution in [3.05, 3.63) is 59.7 Å². The maximum atomic E-state index is 12.4. The van der Waals surface area contributed by atoms with Gasteiger partial charge in [-0.3, -0.25) is 9.59 Å². The molecule has 0 saturated carbocycles. The fraction of sp³-hybridized carbons (Fsp3) is 0.300. The summed E-state index contributed by atoms with van der Waals surface area (Å²) >= 11 is 0. The minimum Gasteiger partial charge on any atom is -0.491 e. The van der Waals surface area contributed by atoms with Gasteiger partial charge in [0, 0.05) is 22.9 Å². The van der Waals surface area contributed by atoms with Crippen LogP contribution < -0.4 is 15.4 Å². The van der Waals surface area contributed by atoms with Crippen LogP contribution in [0, 0.1) is 0 Å². The summed E-state index contributed by atoms with van der Waals surface area (Å²) in [5, 5.41) is 5.65. The van der Waals surface area contributed by atoms with Crippen LogP contribution in [0.1, 0.15) is 48.4 Å². The second-order valence-corrected chi connectivity index (χ2v) is 6.35. The third kappa shape index (κ3) is 5.64. The van der Waals surface area contributed by atoms with Crippen molar-refractivity contribution in [2.24, 2.45) is 0 Å². The Morgan fingerprint density at radius 3 is 2.16 bits per heavy atom. The Balaban J connectivity index is 2.04. The minimum atomic E-state index is -0.228. The zero-order valence-corrected chi connectivity index (χ0v) is 15.0. The molecule has 0 radical (unpaired) electrons. The van der Waals surface area contributed by atoms with Gasteiger partial charge in [-0.1, -0.05) is 6.07 Å². The number of benzene rings is 2. The van der Waals surface area contributed by atoms with Gasteiger partial charge in [0.2, 0.25) is 0 Å². The third-order valence-electron chi connectivity index (χ3n) is 3.29. The van der Waals surface area contributed by atoms with E-state index in [9.17, 15) is 9.59 Å². The Morgan fingerprint density at radius 2 is 1.56 bits per heavy atom. The number of hydrogen-bond donors (Lipinski definition) is 2. The standard InChI is InChI=1S/C20H24N2O3/c1-13(2)21-19(23)15-8-10-17(11-9-15)22-20(24)16-6-5-7-18(12-16)25-14(3)4/h5-14H,1-4H3,(H,21,23)(H,22,24). The summed E-state index contributed by atoms with van der Waals surface area (Å²) < 4.78 is 5.60. The molecule has 0 atom stereocenters. The van der Waals surface area contributed by atoms with Crippen molar-refractivity contribution in [1.29, 1.82) is 0 Å². The number of ether oxygens (including phenoxy) is 1. The predicted molar refractivity (Wildman–Crippen MR) is 99.2 cm³/mol. The summed E-state index contributed by atoms with van der Waals surface area (Å²) in [6.07, 6.45) is 0.0443. The highest BCUT2D eigenvalue weighted by molar-refractivity contribution is 6.04. The topological polar surface area (TPSA) is 67.4 Å². The van der Waals surface area contributed by atoms with Crippen LogP contribution in [0.3, 0.4) is 0 Å². The van der Waals surface area contributed by atoms with E-state index in [1.54, 1.807) is 42.5 Å². The molecule has 0 aliphatic carbocycles. The number of amides is 2. The van der Waals surface area contributed by atoms with E-state index in [4.69, 9.17) is 4.74 Å². The molecule has 2 rings (SSSR count). The van der Waals surface area contributed by atoms with E-state index in [2.05, 4.69) is 10.6 Å².